The molecule has 1 saturated heterocycles. The maximum atomic E-state index is 12.9. The maximum absolute atomic E-state index is 12.9. The molecule has 1 aliphatic carbocycles. The zero-order chi connectivity index (χ0) is 14.1. The number of benzene rings is 1. The van der Waals surface area contributed by atoms with Gasteiger partial charge in [0.15, 0.2) is 0 Å². The minimum Gasteiger partial charge on any atom is -0.496 e. The van der Waals surface area contributed by atoms with Crippen molar-refractivity contribution in [2.75, 3.05) is 20.8 Å². The second kappa shape index (κ2) is 5.35. The molecule has 0 spiro atoms. The molecule has 0 bridgehead atoms. The molecule has 1 aromatic rings. The van der Waals surface area contributed by atoms with E-state index in [2.05, 4.69) is 0 Å². The van der Waals surface area contributed by atoms with Gasteiger partial charge in [-0.25, -0.2) is 0 Å². The van der Waals surface area contributed by atoms with Crippen LogP contribution in [0.15, 0.2) is 18.2 Å². The first-order valence-electron chi connectivity index (χ1n) is 7.28. The molecule has 1 aliphatic heterocycles. The van der Waals surface area contributed by atoms with Gasteiger partial charge >= 0.3 is 0 Å². The summed E-state index contributed by atoms with van der Waals surface area (Å²) in [5.74, 6) is 1.95. The monoisotopic (exact) mass is 275 g/mol. The third-order valence-corrected chi connectivity index (χ3v) is 4.37. The fourth-order valence-electron chi connectivity index (χ4n) is 3.22. The van der Waals surface area contributed by atoms with Crippen LogP contribution in [0.4, 0.5) is 0 Å². The predicted octanol–water partition coefficient (Wildman–Crippen LogP) is 2.72. The van der Waals surface area contributed by atoms with Crippen molar-refractivity contribution in [2.45, 2.75) is 31.7 Å². The lowest BCUT2D eigenvalue weighted by molar-refractivity contribution is 0.0714. The van der Waals surface area contributed by atoms with Crippen LogP contribution < -0.4 is 9.47 Å². The number of methoxy groups -OCH3 is 2. The van der Waals surface area contributed by atoms with Gasteiger partial charge in [0.05, 0.1) is 14.2 Å². The quantitative estimate of drug-likeness (QED) is 0.848. The molecule has 0 radical (unpaired) electrons. The molecule has 0 aromatic heterocycles. The van der Waals surface area contributed by atoms with Crippen molar-refractivity contribution >= 4 is 5.91 Å². The lowest BCUT2D eigenvalue weighted by atomic mass is 10.1. The Kier molecular flexibility index (Phi) is 3.55. The van der Waals surface area contributed by atoms with E-state index in [0.29, 0.717) is 29.0 Å². The Morgan fingerprint density at radius 3 is 2.35 bits per heavy atom. The summed E-state index contributed by atoms with van der Waals surface area (Å²) in [7, 11) is 3.18. The lowest BCUT2D eigenvalue weighted by Crippen LogP contribution is -2.37. The van der Waals surface area contributed by atoms with Gasteiger partial charge in [-0.2, -0.15) is 0 Å². The molecule has 108 valence electrons. The normalized spacial score (nSPS) is 21.9. The summed E-state index contributed by atoms with van der Waals surface area (Å²) in [6.07, 6.45) is 4.76. The highest BCUT2D eigenvalue weighted by Crippen LogP contribution is 2.41. The first kappa shape index (κ1) is 13.3. The summed E-state index contributed by atoms with van der Waals surface area (Å²) < 4.78 is 10.7. The Labute approximate surface area is 119 Å². The number of ether oxygens (including phenoxy) is 2. The van der Waals surface area contributed by atoms with E-state index in [1.165, 1.54) is 12.8 Å². The van der Waals surface area contributed by atoms with Gasteiger partial charge < -0.3 is 14.4 Å². The van der Waals surface area contributed by atoms with Crippen LogP contribution in [-0.2, 0) is 0 Å². The Balaban J connectivity index is 1.93. The minimum atomic E-state index is 0.0497. The number of amides is 1. The fourth-order valence-corrected chi connectivity index (χ4v) is 3.22. The van der Waals surface area contributed by atoms with Crippen molar-refractivity contribution in [3.05, 3.63) is 23.8 Å². The van der Waals surface area contributed by atoms with E-state index in [1.54, 1.807) is 14.2 Å². The summed E-state index contributed by atoms with van der Waals surface area (Å²) in [5.41, 5.74) is 0.560. The van der Waals surface area contributed by atoms with E-state index in [4.69, 9.17) is 9.47 Å². The molecule has 1 unspecified atom stereocenters. The van der Waals surface area contributed by atoms with Crippen LogP contribution in [0.3, 0.4) is 0 Å². The Morgan fingerprint density at radius 2 is 1.80 bits per heavy atom. The Morgan fingerprint density at radius 1 is 1.15 bits per heavy atom. The summed E-state index contributed by atoms with van der Waals surface area (Å²) in [6, 6.07) is 5.89. The van der Waals surface area contributed by atoms with Crippen LogP contribution in [0.25, 0.3) is 0 Å². The van der Waals surface area contributed by atoms with Gasteiger partial charge in [-0.3, -0.25) is 4.79 Å². The summed E-state index contributed by atoms with van der Waals surface area (Å²) in [5, 5.41) is 0. The molecule has 1 amide bonds. The standard InChI is InChI=1S/C16H21NO3/c1-19-13-6-3-7-14(20-2)15(13)16(18)17-10-4-5-12(17)11-8-9-11/h3,6-7,11-12H,4-5,8-10H2,1-2H3. The van der Waals surface area contributed by atoms with Crippen molar-refractivity contribution in [1.82, 2.24) is 4.90 Å². The topological polar surface area (TPSA) is 38.8 Å². The Hall–Kier alpha value is -1.71. The van der Waals surface area contributed by atoms with Crippen molar-refractivity contribution in [3.8, 4) is 11.5 Å². The number of likely N-dealkylation sites (tertiary alicyclic amines) is 1. The van der Waals surface area contributed by atoms with Gasteiger partial charge in [0.25, 0.3) is 5.91 Å². The van der Waals surface area contributed by atoms with Crippen LogP contribution >= 0.6 is 0 Å². The van der Waals surface area contributed by atoms with E-state index >= 15 is 0 Å². The molecular formula is C16H21NO3. The van der Waals surface area contributed by atoms with Gasteiger partial charge in [0.2, 0.25) is 0 Å². The molecule has 4 nitrogen and oxygen atoms in total. The number of carbonyl (C=O) groups excluding carboxylic acids is 1. The number of carbonyl (C=O) groups is 1. The van der Waals surface area contributed by atoms with E-state index < -0.39 is 0 Å². The van der Waals surface area contributed by atoms with Gasteiger partial charge in [-0.15, -0.1) is 0 Å². The molecule has 1 aromatic carbocycles. The number of nitrogens with zero attached hydrogens (tertiary/aromatic N) is 1. The highest BCUT2D eigenvalue weighted by atomic mass is 16.5. The average Bonchev–Trinajstić information content (AvgIpc) is 3.22. The highest BCUT2D eigenvalue weighted by molar-refractivity contribution is 6.00. The van der Waals surface area contributed by atoms with Crippen LogP contribution in [0.2, 0.25) is 0 Å². The second-order valence-electron chi connectivity index (χ2n) is 5.58. The van der Waals surface area contributed by atoms with Crippen LogP contribution in [0, 0.1) is 5.92 Å². The molecule has 4 heteroatoms. The van der Waals surface area contributed by atoms with Crippen molar-refractivity contribution in [1.29, 1.82) is 0 Å². The largest absolute Gasteiger partial charge is 0.496 e. The molecular weight excluding hydrogens is 254 g/mol. The smallest absolute Gasteiger partial charge is 0.261 e. The number of hydrogen-bond donors (Lipinski definition) is 0. The third kappa shape index (κ3) is 2.23. The van der Waals surface area contributed by atoms with Crippen LogP contribution in [0.5, 0.6) is 11.5 Å². The average molecular weight is 275 g/mol. The van der Waals surface area contributed by atoms with Gasteiger partial charge in [-0.1, -0.05) is 6.07 Å². The zero-order valence-electron chi connectivity index (χ0n) is 12.1. The first-order valence-corrected chi connectivity index (χ1v) is 7.28. The van der Waals surface area contributed by atoms with E-state index in [-0.39, 0.29) is 5.91 Å². The molecule has 2 aliphatic rings. The summed E-state index contributed by atoms with van der Waals surface area (Å²) in [4.78, 5) is 14.9. The van der Waals surface area contributed by atoms with Crippen molar-refractivity contribution in [2.24, 2.45) is 5.92 Å². The molecule has 1 atom stereocenters. The maximum Gasteiger partial charge on any atom is 0.261 e. The van der Waals surface area contributed by atoms with E-state index in [9.17, 15) is 4.79 Å². The first-order chi connectivity index (χ1) is 9.76. The molecule has 2 fully saturated rings. The van der Waals surface area contributed by atoms with Gasteiger partial charge in [0.1, 0.15) is 17.1 Å². The second-order valence-corrected chi connectivity index (χ2v) is 5.58. The Bertz CT molecular complexity index is 488. The fraction of sp³-hybridized carbons (Fsp3) is 0.562. The highest BCUT2D eigenvalue weighted by Gasteiger charge is 2.41. The van der Waals surface area contributed by atoms with Crippen LogP contribution in [0.1, 0.15) is 36.0 Å². The SMILES string of the molecule is COc1cccc(OC)c1C(=O)N1CCCC1C1CC1. The van der Waals surface area contributed by atoms with Crippen LogP contribution in [-0.4, -0.2) is 37.6 Å². The molecule has 3 rings (SSSR count). The summed E-state index contributed by atoms with van der Waals surface area (Å²) >= 11 is 0. The minimum absolute atomic E-state index is 0.0497. The summed E-state index contributed by atoms with van der Waals surface area (Å²) in [6.45, 7) is 0.848. The van der Waals surface area contributed by atoms with Gasteiger partial charge in [-0.05, 0) is 43.7 Å². The zero-order valence-corrected chi connectivity index (χ0v) is 12.1. The molecule has 0 N–H and O–H groups in total. The number of rotatable bonds is 4. The molecule has 1 saturated carbocycles. The molecule has 1 heterocycles. The van der Waals surface area contributed by atoms with E-state index in [0.717, 1.165) is 19.4 Å². The lowest BCUT2D eigenvalue weighted by Gasteiger charge is -2.26. The van der Waals surface area contributed by atoms with Crippen molar-refractivity contribution < 1.29 is 14.3 Å². The predicted molar refractivity (Wildman–Crippen MR) is 76.3 cm³/mol. The van der Waals surface area contributed by atoms with Crippen molar-refractivity contribution in [3.63, 3.8) is 0 Å². The number of hydrogen-bond acceptors (Lipinski definition) is 3. The molecule has 20 heavy (non-hydrogen) atoms. The van der Waals surface area contributed by atoms with E-state index in [1.807, 2.05) is 23.1 Å². The van der Waals surface area contributed by atoms with Gasteiger partial charge in [0, 0.05) is 12.6 Å². The third-order valence-electron chi connectivity index (χ3n) is 4.37.